The molecule has 0 aliphatic heterocycles. The van der Waals surface area contributed by atoms with E-state index in [0.29, 0.717) is 11.8 Å². The fraction of sp³-hybridized carbons (Fsp3) is 0.600. The zero-order valence-electron chi connectivity index (χ0n) is 11.5. The molecule has 2 rings (SSSR count). The molecule has 1 saturated carbocycles. The summed E-state index contributed by atoms with van der Waals surface area (Å²) in [5.74, 6) is 3.02. The molecule has 3 nitrogen and oxygen atoms in total. The van der Waals surface area contributed by atoms with Gasteiger partial charge in [0, 0.05) is 6.07 Å². The van der Waals surface area contributed by atoms with Gasteiger partial charge in [0.1, 0.15) is 11.5 Å². The van der Waals surface area contributed by atoms with Gasteiger partial charge in [0.25, 0.3) is 0 Å². The molecule has 0 bridgehead atoms. The summed E-state index contributed by atoms with van der Waals surface area (Å²) in [5.41, 5.74) is 6.63. The molecule has 1 aliphatic carbocycles. The van der Waals surface area contributed by atoms with Crippen LogP contribution in [0.5, 0.6) is 11.5 Å². The van der Waals surface area contributed by atoms with E-state index in [4.69, 9.17) is 15.2 Å². The van der Waals surface area contributed by atoms with Gasteiger partial charge in [-0.25, -0.2) is 0 Å². The highest BCUT2D eigenvalue weighted by atomic mass is 16.5. The highest BCUT2D eigenvalue weighted by Crippen LogP contribution is 2.34. The molecule has 100 valence electrons. The van der Waals surface area contributed by atoms with Crippen molar-refractivity contribution >= 4 is 5.69 Å². The normalized spacial score (nSPS) is 27.8. The number of rotatable bonds is 3. The third kappa shape index (κ3) is 3.09. The molecule has 1 aromatic rings. The van der Waals surface area contributed by atoms with Crippen molar-refractivity contribution in [2.45, 2.75) is 39.2 Å². The van der Waals surface area contributed by atoms with Gasteiger partial charge >= 0.3 is 0 Å². The Kier molecular flexibility index (Phi) is 4.00. The number of benzene rings is 1. The lowest BCUT2D eigenvalue weighted by molar-refractivity contribution is 0.102. The summed E-state index contributed by atoms with van der Waals surface area (Å²) in [6.07, 6.45) is 3.84. The van der Waals surface area contributed by atoms with E-state index in [-0.39, 0.29) is 0 Å². The average Bonchev–Trinajstić information content (AvgIpc) is 2.30. The van der Waals surface area contributed by atoms with Crippen molar-refractivity contribution in [3.8, 4) is 11.5 Å². The zero-order chi connectivity index (χ0) is 13.1. The molecule has 0 radical (unpaired) electrons. The standard InChI is InChI=1S/C15H23NO2/c1-10-6-11(2)8-13(7-10)18-15-5-4-12(17-3)9-14(15)16/h4-5,9-11,13H,6-8,16H2,1-3H3. The van der Waals surface area contributed by atoms with Gasteiger partial charge in [-0.2, -0.15) is 0 Å². The van der Waals surface area contributed by atoms with Gasteiger partial charge in [0.15, 0.2) is 0 Å². The third-order valence-electron chi connectivity index (χ3n) is 3.65. The molecular weight excluding hydrogens is 226 g/mol. The Morgan fingerprint density at radius 2 is 1.78 bits per heavy atom. The van der Waals surface area contributed by atoms with E-state index in [9.17, 15) is 0 Å². The predicted molar refractivity (Wildman–Crippen MR) is 74.0 cm³/mol. The number of hydrogen-bond donors (Lipinski definition) is 1. The fourth-order valence-corrected chi connectivity index (χ4v) is 2.91. The Balaban J connectivity index is 2.04. The van der Waals surface area contributed by atoms with Crippen LogP contribution in [0.2, 0.25) is 0 Å². The van der Waals surface area contributed by atoms with Gasteiger partial charge in [-0.15, -0.1) is 0 Å². The van der Waals surface area contributed by atoms with Crippen molar-refractivity contribution in [1.29, 1.82) is 0 Å². The summed E-state index contributed by atoms with van der Waals surface area (Å²) in [6.45, 7) is 4.59. The van der Waals surface area contributed by atoms with Crippen molar-refractivity contribution in [3.05, 3.63) is 18.2 Å². The van der Waals surface area contributed by atoms with Crippen LogP contribution >= 0.6 is 0 Å². The summed E-state index contributed by atoms with van der Waals surface area (Å²) in [7, 11) is 1.64. The number of anilines is 1. The predicted octanol–water partition coefficient (Wildman–Crippen LogP) is 3.48. The summed E-state index contributed by atoms with van der Waals surface area (Å²) < 4.78 is 11.2. The molecule has 0 amide bonds. The lowest BCUT2D eigenvalue weighted by Crippen LogP contribution is -2.28. The average molecular weight is 249 g/mol. The third-order valence-corrected chi connectivity index (χ3v) is 3.65. The van der Waals surface area contributed by atoms with E-state index in [1.807, 2.05) is 18.2 Å². The second kappa shape index (κ2) is 5.51. The number of ether oxygens (including phenoxy) is 2. The second-order valence-electron chi connectivity index (χ2n) is 5.56. The van der Waals surface area contributed by atoms with Crippen LogP contribution in [-0.4, -0.2) is 13.2 Å². The van der Waals surface area contributed by atoms with Crippen molar-refractivity contribution < 1.29 is 9.47 Å². The van der Waals surface area contributed by atoms with Crippen LogP contribution in [0.4, 0.5) is 5.69 Å². The molecular formula is C15H23NO2. The Labute approximate surface area is 109 Å². The maximum absolute atomic E-state index is 6.05. The first-order valence-electron chi connectivity index (χ1n) is 6.68. The van der Waals surface area contributed by atoms with Gasteiger partial charge in [0.2, 0.25) is 0 Å². The van der Waals surface area contributed by atoms with E-state index in [1.54, 1.807) is 7.11 Å². The molecule has 0 aromatic heterocycles. The molecule has 2 N–H and O–H groups in total. The first kappa shape index (κ1) is 13.1. The highest BCUT2D eigenvalue weighted by Gasteiger charge is 2.25. The lowest BCUT2D eigenvalue weighted by atomic mass is 9.82. The first-order valence-corrected chi connectivity index (χ1v) is 6.68. The Morgan fingerprint density at radius 1 is 1.11 bits per heavy atom. The second-order valence-corrected chi connectivity index (χ2v) is 5.56. The van der Waals surface area contributed by atoms with E-state index in [0.717, 1.165) is 36.2 Å². The summed E-state index contributed by atoms with van der Waals surface area (Å²) in [5, 5.41) is 0. The van der Waals surface area contributed by atoms with Crippen molar-refractivity contribution in [2.24, 2.45) is 11.8 Å². The Morgan fingerprint density at radius 3 is 2.33 bits per heavy atom. The Hall–Kier alpha value is -1.38. The van der Waals surface area contributed by atoms with Gasteiger partial charge in [0.05, 0.1) is 18.9 Å². The van der Waals surface area contributed by atoms with Crippen molar-refractivity contribution in [2.75, 3.05) is 12.8 Å². The van der Waals surface area contributed by atoms with Gasteiger partial charge in [-0.1, -0.05) is 13.8 Å². The van der Waals surface area contributed by atoms with Crippen LogP contribution in [0.1, 0.15) is 33.1 Å². The van der Waals surface area contributed by atoms with Crippen molar-refractivity contribution in [1.82, 2.24) is 0 Å². The molecule has 1 aliphatic rings. The van der Waals surface area contributed by atoms with Crippen LogP contribution in [-0.2, 0) is 0 Å². The van der Waals surface area contributed by atoms with Crippen LogP contribution in [0, 0.1) is 11.8 Å². The van der Waals surface area contributed by atoms with Crippen molar-refractivity contribution in [3.63, 3.8) is 0 Å². The SMILES string of the molecule is COc1ccc(OC2CC(C)CC(C)C2)c(N)c1. The maximum atomic E-state index is 6.05. The van der Waals surface area contributed by atoms with Crippen LogP contribution in [0.3, 0.4) is 0 Å². The molecule has 3 heteroatoms. The fourth-order valence-electron chi connectivity index (χ4n) is 2.91. The zero-order valence-corrected chi connectivity index (χ0v) is 11.5. The number of nitrogen functional groups attached to an aromatic ring is 1. The smallest absolute Gasteiger partial charge is 0.142 e. The van der Waals surface area contributed by atoms with Crippen LogP contribution in [0.15, 0.2) is 18.2 Å². The molecule has 1 aromatic carbocycles. The molecule has 0 spiro atoms. The summed E-state index contributed by atoms with van der Waals surface area (Å²) in [6, 6.07) is 5.60. The van der Waals surface area contributed by atoms with E-state index < -0.39 is 0 Å². The van der Waals surface area contributed by atoms with E-state index >= 15 is 0 Å². The largest absolute Gasteiger partial charge is 0.497 e. The minimum Gasteiger partial charge on any atom is -0.497 e. The molecule has 2 unspecified atom stereocenters. The maximum Gasteiger partial charge on any atom is 0.142 e. The molecule has 2 atom stereocenters. The topological polar surface area (TPSA) is 44.5 Å². The minimum atomic E-state index is 0.291. The number of methoxy groups -OCH3 is 1. The first-order chi connectivity index (χ1) is 8.58. The van der Waals surface area contributed by atoms with Crippen LogP contribution in [0.25, 0.3) is 0 Å². The summed E-state index contributed by atoms with van der Waals surface area (Å²) in [4.78, 5) is 0. The summed E-state index contributed by atoms with van der Waals surface area (Å²) >= 11 is 0. The molecule has 18 heavy (non-hydrogen) atoms. The highest BCUT2D eigenvalue weighted by molar-refractivity contribution is 5.56. The molecule has 0 saturated heterocycles. The number of hydrogen-bond acceptors (Lipinski definition) is 3. The van der Waals surface area contributed by atoms with Gasteiger partial charge in [-0.3, -0.25) is 0 Å². The van der Waals surface area contributed by atoms with E-state index in [1.165, 1.54) is 6.42 Å². The molecule has 1 fully saturated rings. The monoisotopic (exact) mass is 249 g/mol. The quantitative estimate of drug-likeness (QED) is 0.834. The minimum absolute atomic E-state index is 0.291. The van der Waals surface area contributed by atoms with Gasteiger partial charge < -0.3 is 15.2 Å². The van der Waals surface area contributed by atoms with Gasteiger partial charge in [-0.05, 0) is 43.2 Å². The Bertz CT molecular complexity index is 395. The van der Waals surface area contributed by atoms with E-state index in [2.05, 4.69) is 13.8 Å². The number of nitrogens with two attached hydrogens (primary N) is 1. The molecule has 0 heterocycles. The van der Waals surface area contributed by atoms with Crippen LogP contribution < -0.4 is 15.2 Å². The lowest BCUT2D eigenvalue weighted by Gasteiger charge is -2.32.